The Bertz CT molecular complexity index is 4160. The molecule has 9 aromatic rings. The molecule has 0 bridgehead atoms. The number of hydrogen-bond donors (Lipinski definition) is 8. The SMILES string of the molecule is Nc1nc(Nc2ccc(Nc3nc(N)nc(Nc4cc(S(=O)(=O)[O-])cc5cc(SOO[O-])c(N=Nc6ccccc6C(=O)[O-])c(O)c45)n3)cc2)nc(Nc2cc(S(=O)(=O)[O-])cc3cc(SOO[O-])c(N=Nc4ccccc4C(=O)[O-])c(O)c23)n1.[Li+].[Li+].[Li+].[Li+].[Li+].[Li+]. The van der Waals surface area contributed by atoms with Crippen LogP contribution in [-0.4, -0.2) is 78.0 Å². The maximum atomic E-state index is 12.4. The van der Waals surface area contributed by atoms with Crippen LogP contribution in [0.1, 0.15) is 20.7 Å². The van der Waals surface area contributed by atoms with Gasteiger partial charge in [-0.05, 0) is 83.6 Å². The fraction of sp³-hybridized carbons (Fsp3) is 0. The first-order valence-electron chi connectivity index (χ1n) is 22.6. The molecule has 0 fully saturated rings. The van der Waals surface area contributed by atoms with Crippen molar-refractivity contribution in [1.82, 2.24) is 29.9 Å². The van der Waals surface area contributed by atoms with Gasteiger partial charge in [0.05, 0.1) is 78.4 Å². The number of aromatic nitrogens is 6. The van der Waals surface area contributed by atoms with E-state index >= 15 is 0 Å². The Hall–Kier alpha value is -6.52. The second kappa shape index (κ2) is 33.7. The summed E-state index contributed by atoms with van der Waals surface area (Å²) in [5.41, 5.74) is 9.90. The molecule has 90 heavy (non-hydrogen) atoms. The zero-order chi connectivity index (χ0) is 60.0. The van der Waals surface area contributed by atoms with Crippen LogP contribution in [-0.2, 0) is 39.0 Å². The minimum Gasteiger partial charge on any atom is -0.744 e. The van der Waals surface area contributed by atoms with E-state index < -0.39 is 76.7 Å². The smallest absolute Gasteiger partial charge is 0.744 e. The van der Waals surface area contributed by atoms with Gasteiger partial charge < -0.3 is 82.4 Å². The summed E-state index contributed by atoms with van der Waals surface area (Å²) in [4.78, 5) is 46.1. The molecular formula is C46H28Li6N16O18S4. The number of carbonyl (C=O) groups excluding carboxylic acids is 2. The van der Waals surface area contributed by atoms with Crippen LogP contribution in [0.25, 0.3) is 21.5 Å². The number of rotatable bonds is 22. The average Bonchev–Trinajstić information content (AvgIpc) is 0.816. The number of nitrogen functional groups attached to an aromatic ring is 2. The van der Waals surface area contributed by atoms with Crippen molar-refractivity contribution in [1.29, 1.82) is 0 Å². The van der Waals surface area contributed by atoms with Gasteiger partial charge in [-0.1, -0.05) is 36.4 Å². The molecule has 34 nitrogen and oxygen atoms in total. The molecule has 0 saturated carbocycles. The van der Waals surface area contributed by atoms with Gasteiger partial charge in [-0.15, -0.1) is 20.5 Å². The van der Waals surface area contributed by atoms with Crippen molar-refractivity contribution in [3.05, 3.63) is 120 Å². The molecule has 0 amide bonds. The van der Waals surface area contributed by atoms with Crippen LogP contribution >= 0.6 is 24.1 Å². The molecule has 430 valence electrons. The zero-order valence-corrected chi connectivity index (χ0v) is 50.3. The molecule has 0 aliphatic carbocycles. The molecule has 9 rings (SSSR count). The summed E-state index contributed by atoms with van der Waals surface area (Å²) < 4.78 is 83.2. The Morgan fingerprint density at radius 3 is 1.14 bits per heavy atom. The maximum Gasteiger partial charge on any atom is 1.00 e. The van der Waals surface area contributed by atoms with Gasteiger partial charge >= 0.3 is 113 Å². The number of aromatic hydroxyl groups is 2. The minimum atomic E-state index is -5.22. The molecule has 10 N–H and O–H groups in total. The van der Waals surface area contributed by atoms with Gasteiger partial charge in [0.15, 0.2) is 11.5 Å². The fourth-order valence-corrected chi connectivity index (χ4v) is 9.70. The van der Waals surface area contributed by atoms with Crippen molar-refractivity contribution in [2.45, 2.75) is 19.6 Å². The predicted molar refractivity (Wildman–Crippen MR) is 281 cm³/mol. The van der Waals surface area contributed by atoms with Crippen LogP contribution in [0.2, 0.25) is 0 Å². The molecule has 0 radical (unpaired) electrons. The number of carboxylic acid groups (broad SMARTS) is 2. The van der Waals surface area contributed by atoms with Gasteiger partial charge in [0.25, 0.3) is 0 Å². The zero-order valence-electron chi connectivity index (χ0n) is 47.1. The number of fused-ring (bicyclic) bond motifs is 2. The van der Waals surface area contributed by atoms with E-state index in [1.165, 1.54) is 72.8 Å². The van der Waals surface area contributed by atoms with E-state index in [0.717, 1.165) is 36.4 Å². The van der Waals surface area contributed by atoms with Crippen LogP contribution in [0, 0.1) is 0 Å². The van der Waals surface area contributed by atoms with E-state index in [2.05, 4.69) is 90.4 Å². The molecule has 0 unspecified atom stereocenters. The third-order valence-corrected chi connectivity index (χ3v) is 13.9. The van der Waals surface area contributed by atoms with Gasteiger partial charge in [-0.25, -0.2) is 16.8 Å². The van der Waals surface area contributed by atoms with E-state index in [-0.39, 0.29) is 226 Å². The molecule has 44 heteroatoms. The van der Waals surface area contributed by atoms with Gasteiger partial charge in [0.2, 0.25) is 35.7 Å². The number of aromatic carboxylic acids is 2. The van der Waals surface area contributed by atoms with Crippen molar-refractivity contribution in [2.24, 2.45) is 20.5 Å². The van der Waals surface area contributed by atoms with Gasteiger partial charge in [-0.3, -0.25) is 10.1 Å². The Morgan fingerprint density at radius 1 is 0.489 bits per heavy atom. The molecule has 0 aliphatic heterocycles. The fourth-order valence-electron chi connectivity index (χ4n) is 7.65. The summed E-state index contributed by atoms with van der Waals surface area (Å²) in [6.45, 7) is 0. The first-order valence-corrected chi connectivity index (χ1v) is 26.9. The number of anilines is 10. The van der Waals surface area contributed by atoms with Crippen molar-refractivity contribution in [2.75, 3.05) is 32.7 Å². The van der Waals surface area contributed by atoms with Crippen LogP contribution < -0.4 is 167 Å². The maximum absolute atomic E-state index is 12.4. The summed E-state index contributed by atoms with van der Waals surface area (Å²) in [5, 5.41) is 102. The van der Waals surface area contributed by atoms with E-state index in [4.69, 9.17) is 11.5 Å². The second-order valence-electron chi connectivity index (χ2n) is 16.4. The number of phenols is 2. The third-order valence-electron chi connectivity index (χ3n) is 11.1. The third kappa shape index (κ3) is 18.8. The molecule has 2 aromatic heterocycles. The molecule has 0 spiro atoms. The number of benzene rings is 7. The van der Waals surface area contributed by atoms with Gasteiger partial charge in [0, 0.05) is 33.3 Å². The summed E-state index contributed by atoms with van der Waals surface area (Å²) >= 11 is 0.390. The normalized spacial score (nSPS) is 11.1. The van der Waals surface area contributed by atoms with Crippen molar-refractivity contribution in [3.8, 4) is 11.5 Å². The number of phenolic OH excluding ortho intramolecular Hbond substituents is 2. The van der Waals surface area contributed by atoms with E-state index in [0.29, 0.717) is 11.4 Å². The monoisotopic (exact) mass is 1260 g/mol. The second-order valence-corrected chi connectivity index (χ2v) is 20.6. The summed E-state index contributed by atoms with van der Waals surface area (Å²) in [6.07, 6.45) is 0. The molecule has 7 aromatic carbocycles. The molecule has 0 saturated heterocycles. The first-order chi connectivity index (χ1) is 40.1. The number of nitrogens with zero attached hydrogens (tertiary/aromatic N) is 10. The van der Waals surface area contributed by atoms with Crippen molar-refractivity contribution < 1.29 is 198 Å². The van der Waals surface area contributed by atoms with E-state index in [1.807, 2.05) is 0 Å². The number of azo groups is 2. The number of nitrogens with one attached hydrogen (secondary N) is 4. The number of hydrogen-bond acceptors (Lipinski definition) is 36. The Kier molecular flexibility index (Phi) is 29.1. The van der Waals surface area contributed by atoms with Crippen molar-refractivity contribution >= 4 is 159 Å². The van der Waals surface area contributed by atoms with Gasteiger partial charge in [-0.2, -0.15) is 38.6 Å². The van der Waals surface area contributed by atoms with E-state index in [1.54, 1.807) is 0 Å². The average molecular weight is 1260 g/mol. The summed E-state index contributed by atoms with van der Waals surface area (Å²) in [5.74, 6) is -6.78. The summed E-state index contributed by atoms with van der Waals surface area (Å²) in [6, 6.07) is 22.3. The largest absolute Gasteiger partial charge is 1.00 e. The Balaban J connectivity index is 0.00000353. The molecule has 0 aliphatic rings. The predicted octanol–water partition coefficient (Wildman–Crippen LogP) is -14.2. The Morgan fingerprint density at radius 2 is 0.822 bits per heavy atom. The molecular weight excluding hydrogens is 1230 g/mol. The van der Waals surface area contributed by atoms with Crippen LogP contribution in [0.5, 0.6) is 11.5 Å². The number of carbonyl (C=O) groups is 2. The number of carboxylic acids is 2. The van der Waals surface area contributed by atoms with Crippen LogP contribution in [0.3, 0.4) is 0 Å². The van der Waals surface area contributed by atoms with Gasteiger partial charge in [0.1, 0.15) is 31.6 Å². The van der Waals surface area contributed by atoms with E-state index in [9.17, 15) is 66.5 Å². The molecule has 2 heterocycles. The van der Waals surface area contributed by atoms with Crippen LogP contribution in [0.4, 0.5) is 81.2 Å². The standard InChI is InChI=1S/C46H34N16O18S4.6Li/c47-41-53-43(57-45(55-41)51-29-17-23(83(71,72)73)13-19-15-31(81-79-77-69)35(37(63)33(19)29)61-59-27-7-3-1-5-25(27)39(65)66)49-21-9-11-22(12-10-21)50-44-54-42(48)56-46(58-44)52-30-18-24(84(74,75)76)14-20-16-32(82-80-78-70)36(38(64)34(20)30)62-60-28-8-4-2-6-26(28)40(67)68;;;;;;/h1-18,63-64,69-70H,(H,65,66)(H,67,68)(H,71,72,73)(H,74,75,76)(H4,47,49,51,53,55,57)(H4,48,50,52,54,56,58);;;;;;/q;6*+1/p-6. The first kappa shape index (κ1) is 77.7. The quantitative estimate of drug-likeness (QED) is 0.00780. The minimum absolute atomic E-state index is 0. The number of nitrogens with two attached hydrogens (primary N) is 2. The van der Waals surface area contributed by atoms with Crippen LogP contribution in [0.15, 0.2) is 149 Å². The molecule has 0 atom stereocenters. The topological polar surface area (TPSA) is 545 Å². The summed E-state index contributed by atoms with van der Waals surface area (Å²) in [7, 11) is -10.4. The van der Waals surface area contributed by atoms with Crippen molar-refractivity contribution in [3.63, 3.8) is 0 Å². The Labute approximate surface area is 586 Å².